The second-order valence-electron chi connectivity index (χ2n) is 4.22. The number of pyridine rings is 1. The van der Waals surface area contributed by atoms with Gasteiger partial charge in [-0.3, -0.25) is 9.78 Å². The van der Waals surface area contributed by atoms with Gasteiger partial charge in [0.25, 0.3) is 0 Å². The first-order valence-electron chi connectivity index (χ1n) is 5.61. The molecule has 18 heavy (non-hydrogen) atoms. The van der Waals surface area contributed by atoms with Gasteiger partial charge in [0.1, 0.15) is 6.07 Å². The molecule has 0 atom stereocenters. The quantitative estimate of drug-likeness (QED) is 0.832. The Hall–Kier alpha value is -2.41. The molecule has 0 saturated heterocycles. The van der Waals surface area contributed by atoms with E-state index in [9.17, 15) is 10.1 Å². The monoisotopic (exact) mass is 239 g/mol. The highest BCUT2D eigenvalue weighted by molar-refractivity contribution is 5.94. The summed E-state index contributed by atoms with van der Waals surface area (Å²) in [7, 11) is 0. The molecule has 2 rings (SSSR count). The van der Waals surface area contributed by atoms with Crippen molar-refractivity contribution in [2.45, 2.75) is 20.8 Å². The van der Waals surface area contributed by atoms with E-state index in [2.05, 4.69) is 16.4 Å². The lowest BCUT2D eigenvalue weighted by atomic mass is 10.0. The van der Waals surface area contributed by atoms with Crippen molar-refractivity contribution in [1.82, 2.24) is 4.98 Å². The molecule has 0 aliphatic rings. The second-order valence-corrected chi connectivity index (χ2v) is 4.22. The van der Waals surface area contributed by atoms with Gasteiger partial charge in [0.2, 0.25) is 5.91 Å². The zero-order valence-corrected chi connectivity index (χ0v) is 10.5. The summed E-state index contributed by atoms with van der Waals surface area (Å²) in [6.07, 6.45) is 0. The van der Waals surface area contributed by atoms with E-state index in [4.69, 9.17) is 0 Å². The maximum absolute atomic E-state index is 11.0. The second kappa shape index (κ2) is 4.46. The van der Waals surface area contributed by atoms with E-state index in [1.165, 1.54) is 6.92 Å². The lowest BCUT2D eigenvalue weighted by Gasteiger charge is -2.09. The number of aryl methyl sites for hydroxylation is 1. The van der Waals surface area contributed by atoms with Crippen LogP contribution in [0.1, 0.15) is 23.7 Å². The number of nitriles is 1. The van der Waals surface area contributed by atoms with E-state index in [0.717, 1.165) is 22.2 Å². The van der Waals surface area contributed by atoms with Crippen LogP contribution in [0.5, 0.6) is 0 Å². The topological polar surface area (TPSA) is 65.8 Å². The summed E-state index contributed by atoms with van der Waals surface area (Å²) in [4.78, 5) is 15.5. The Labute approximate surface area is 105 Å². The first-order chi connectivity index (χ1) is 8.52. The Bertz CT molecular complexity index is 683. The molecule has 90 valence electrons. The lowest BCUT2D eigenvalue weighted by molar-refractivity contribution is -0.114. The van der Waals surface area contributed by atoms with E-state index in [0.29, 0.717) is 11.3 Å². The molecule has 0 radical (unpaired) electrons. The zero-order valence-electron chi connectivity index (χ0n) is 10.5. The van der Waals surface area contributed by atoms with Gasteiger partial charge < -0.3 is 5.32 Å². The summed E-state index contributed by atoms with van der Waals surface area (Å²) >= 11 is 0. The van der Waals surface area contributed by atoms with Crippen molar-refractivity contribution in [3.8, 4) is 6.07 Å². The summed E-state index contributed by atoms with van der Waals surface area (Å²) in [5.41, 5.74) is 3.79. The first-order valence-corrected chi connectivity index (χ1v) is 5.61. The van der Waals surface area contributed by atoms with Crippen LogP contribution in [0.25, 0.3) is 10.9 Å². The molecule has 0 aliphatic heterocycles. The molecule has 1 amide bonds. The number of nitrogens with one attached hydrogen (secondary N) is 1. The first kappa shape index (κ1) is 12.1. The van der Waals surface area contributed by atoms with Crippen molar-refractivity contribution < 1.29 is 4.79 Å². The summed E-state index contributed by atoms with van der Waals surface area (Å²) in [5, 5.41) is 12.7. The minimum atomic E-state index is -0.135. The third-order valence-corrected chi connectivity index (χ3v) is 2.90. The van der Waals surface area contributed by atoms with Crippen LogP contribution >= 0.6 is 0 Å². The van der Waals surface area contributed by atoms with Crippen LogP contribution in [0.3, 0.4) is 0 Å². The van der Waals surface area contributed by atoms with Gasteiger partial charge in [-0.05, 0) is 37.6 Å². The number of rotatable bonds is 1. The predicted octanol–water partition coefficient (Wildman–Crippen LogP) is 2.68. The minimum Gasteiger partial charge on any atom is -0.326 e. The molecular weight excluding hydrogens is 226 g/mol. The molecule has 4 nitrogen and oxygen atoms in total. The van der Waals surface area contributed by atoms with Crippen LogP contribution < -0.4 is 5.32 Å². The van der Waals surface area contributed by atoms with Gasteiger partial charge in [0.05, 0.1) is 11.1 Å². The Morgan fingerprint density at radius 1 is 1.39 bits per heavy atom. The summed E-state index contributed by atoms with van der Waals surface area (Å²) in [5.74, 6) is -0.135. The van der Waals surface area contributed by atoms with E-state index >= 15 is 0 Å². The molecule has 1 heterocycles. The normalized spacial score (nSPS) is 10.1. The van der Waals surface area contributed by atoms with Crippen molar-refractivity contribution >= 4 is 22.5 Å². The largest absolute Gasteiger partial charge is 0.326 e. The molecule has 1 aromatic carbocycles. The highest BCUT2D eigenvalue weighted by Crippen LogP contribution is 2.25. The summed E-state index contributed by atoms with van der Waals surface area (Å²) < 4.78 is 0. The smallest absolute Gasteiger partial charge is 0.221 e. The highest BCUT2D eigenvalue weighted by atomic mass is 16.1. The van der Waals surface area contributed by atoms with Gasteiger partial charge in [0.15, 0.2) is 0 Å². The van der Waals surface area contributed by atoms with Gasteiger partial charge in [0, 0.05) is 23.7 Å². The predicted molar refractivity (Wildman–Crippen MR) is 70.2 cm³/mol. The number of aromatic nitrogens is 1. The molecule has 0 saturated carbocycles. The average molecular weight is 239 g/mol. The zero-order chi connectivity index (χ0) is 13.3. The number of hydrogen-bond acceptors (Lipinski definition) is 3. The molecule has 0 aliphatic carbocycles. The number of amides is 1. The van der Waals surface area contributed by atoms with Gasteiger partial charge in [-0.25, -0.2) is 0 Å². The number of benzene rings is 1. The van der Waals surface area contributed by atoms with Crippen LogP contribution in [0.4, 0.5) is 5.69 Å². The lowest BCUT2D eigenvalue weighted by Crippen LogP contribution is -2.05. The maximum Gasteiger partial charge on any atom is 0.221 e. The Balaban J connectivity index is 2.72. The van der Waals surface area contributed by atoms with Crippen LogP contribution in [0.2, 0.25) is 0 Å². The fourth-order valence-electron chi connectivity index (χ4n) is 1.91. The number of nitrogens with zero attached hydrogens (tertiary/aromatic N) is 2. The van der Waals surface area contributed by atoms with Crippen molar-refractivity contribution in [2.75, 3.05) is 5.32 Å². The van der Waals surface area contributed by atoms with E-state index < -0.39 is 0 Å². The number of anilines is 1. The minimum absolute atomic E-state index is 0.135. The van der Waals surface area contributed by atoms with Crippen LogP contribution in [0, 0.1) is 25.2 Å². The summed E-state index contributed by atoms with van der Waals surface area (Å²) in [6, 6.07) is 7.59. The van der Waals surface area contributed by atoms with Crippen LogP contribution in [0.15, 0.2) is 18.2 Å². The number of hydrogen-bond donors (Lipinski definition) is 1. The van der Waals surface area contributed by atoms with Crippen LogP contribution in [-0.2, 0) is 4.79 Å². The fourth-order valence-corrected chi connectivity index (χ4v) is 1.91. The van der Waals surface area contributed by atoms with Crippen molar-refractivity contribution in [1.29, 1.82) is 5.26 Å². The molecule has 0 bridgehead atoms. The molecule has 1 aromatic heterocycles. The number of fused-ring (bicyclic) bond motifs is 1. The standard InChI is InChI=1S/C14H13N3O/c1-8-9(2)16-14-5-4-11(17-10(3)18)6-12(14)13(8)7-15/h4-6H,1-3H3,(H,17,18). The van der Waals surface area contributed by atoms with E-state index in [-0.39, 0.29) is 5.91 Å². The van der Waals surface area contributed by atoms with Crippen molar-refractivity contribution in [2.24, 2.45) is 0 Å². The number of carbonyl (C=O) groups excluding carboxylic acids is 1. The van der Waals surface area contributed by atoms with Gasteiger partial charge >= 0.3 is 0 Å². The average Bonchev–Trinajstić information content (AvgIpc) is 2.31. The molecule has 0 spiro atoms. The summed E-state index contributed by atoms with van der Waals surface area (Å²) in [6.45, 7) is 5.22. The van der Waals surface area contributed by atoms with E-state index in [1.54, 1.807) is 12.1 Å². The van der Waals surface area contributed by atoms with Crippen molar-refractivity contribution in [3.05, 3.63) is 35.0 Å². The Morgan fingerprint density at radius 3 is 2.72 bits per heavy atom. The molecular formula is C14H13N3O. The Kier molecular flexibility index (Phi) is 2.99. The fraction of sp³-hybridized carbons (Fsp3) is 0.214. The molecule has 0 unspecified atom stereocenters. The molecule has 1 N–H and O–H groups in total. The third-order valence-electron chi connectivity index (χ3n) is 2.90. The third kappa shape index (κ3) is 2.03. The molecule has 4 heteroatoms. The molecule has 0 fully saturated rings. The SMILES string of the molecule is CC(=O)Nc1ccc2nc(C)c(C)c(C#N)c2c1. The van der Waals surface area contributed by atoms with Crippen molar-refractivity contribution in [3.63, 3.8) is 0 Å². The maximum atomic E-state index is 11.0. The van der Waals surface area contributed by atoms with Gasteiger partial charge in [-0.1, -0.05) is 0 Å². The number of carbonyl (C=O) groups is 1. The van der Waals surface area contributed by atoms with Crippen LogP contribution in [-0.4, -0.2) is 10.9 Å². The van der Waals surface area contributed by atoms with Gasteiger partial charge in [-0.2, -0.15) is 5.26 Å². The molecule has 2 aromatic rings. The van der Waals surface area contributed by atoms with E-state index in [1.807, 2.05) is 19.9 Å². The van der Waals surface area contributed by atoms with Gasteiger partial charge in [-0.15, -0.1) is 0 Å². The highest BCUT2D eigenvalue weighted by Gasteiger charge is 2.09. The Morgan fingerprint density at radius 2 is 2.11 bits per heavy atom.